The van der Waals surface area contributed by atoms with Crippen molar-refractivity contribution in [2.24, 2.45) is 14.1 Å². The number of carboxylic acid groups (broad SMARTS) is 1. The fourth-order valence-corrected chi connectivity index (χ4v) is 7.52. The zero-order chi connectivity index (χ0) is 30.6. The van der Waals surface area contributed by atoms with Crippen LogP contribution >= 0.6 is 0 Å². The maximum atomic E-state index is 14.1. The fraction of sp³-hybridized carbons (Fsp3) is 0.343. The lowest BCUT2D eigenvalue weighted by Crippen LogP contribution is -2.49. The Labute approximate surface area is 255 Å². The minimum Gasteiger partial charge on any atom is -0.478 e. The van der Waals surface area contributed by atoms with Crippen LogP contribution in [0.3, 0.4) is 0 Å². The summed E-state index contributed by atoms with van der Waals surface area (Å²) in [7, 11) is 6.10. The average Bonchev–Trinajstić information content (AvgIpc) is 3.84. The first-order valence-electron chi connectivity index (χ1n) is 15.3. The normalized spacial score (nSPS) is 19.6. The van der Waals surface area contributed by atoms with Crippen LogP contribution in [0.15, 0.2) is 65.5 Å². The second kappa shape index (κ2) is 10.8. The highest BCUT2D eigenvalue weighted by atomic mass is 16.4. The molecule has 1 saturated carbocycles. The Morgan fingerprint density at radius 2 is 1.86 bits per heavy atom. The Morgan fingerprint density at radius 1 is 1.05 bits per heavy atom. The number of benzene rings is 2. The standard InChI is InChI=1S/C35H37N5O4/c1-38-16-15-35(21-38,34-36-27-12-8-22(9-13-30(41)42)18-29(27)40(34)3)37-33(43)24-10-11-26-28(19-24)39(2)32(25-14-17-44-20-25)31(26)23-6-4-5-7-23/h8-14,17-20,23H,4-7,15-16,21H2,1-3H3,(H,37,43)(H,41,42)/b13-9+/t35-/m0/s1. The minimum atomic E-state index is -0.993. The second-order valence-corrected chi connectivity index (χ2v) is 12.5. The molecule has 226 valence electrons. The van der Waals surface area contributed by atoms with Crippen molar-refractivity contribution in [1.29, 1.82) is 0 Å². The number of imidazole rings is 1. The molecule has 1 aliphatic carbocycles. The van der Waals surface area contributed by atoms with E-state index in [9.17, 15) is 9.59 Å². The number of nitrogens with one attached hydrogen (secondary N) is 1. The van der Waals surface area contributed by atoms with E-state index in [2.05, 4.69) is 34.9 Å². The van der Waals surface area contributed by atoms with Crippen LogP contribution in [0.2, 0.25) is 0 Å². The summed E-state index contributed by atoms with van der Waals surface area (Å²) in [6.07, 6.45) is 11.8. The Balaban J connectivity index is 1.27. The number of furan rings is 1. The third kappa shape index (κ3) is 4.72. The van der Waals surface area contributed by atoms with Gasteiger partial charge in [-0.1, -0.05) is 25.0 Å². The highest BCUT2D eigenvalue weighted by Crippen LogP contribution is 2.45. The van der Waals surface area contributed by atoms with Gasteiger partial charge in [-0.2, -0.15) is 0 Å². The number of hydrogen-bond acceptors (Lipinski definition) is 5. The summed E-state index contributed by atoms with van der Waals surface area (Å²) in [5.74, 6) is 0.161. The van der Waals surface area contributed by atoms with Crippen LogP contribution < -0.4 is 5.32 Å². The van der Waals surface area contributed by atoms with E-state index in [-0.39, 0.29) is 5.91 Å². The number of fused-ring (bicyclic) bond motifs is 2. The molecule has 1 amide bonds. The molecule has 0 radical (unpaired) electrons. The molecule has 1 atom stereocenters. The number of carboxylic acids is 1. The first-order valence-corrected chi connectivity index (χ1v) is 15.3. The monoisotopic (exact) mass is 591 g/mol. The van der Waals surface area contributed by atoms with Gasteiger partial charge in [-0.15, -0.1) is 0 Å². The summed E-state index contributed by atoms with van der Waals surface area (Å²) in [4.78, 5) is 32.4. The molecule has 1 saturated heterocycles. The van der Waals surface area contributed by atoms with Crippen molar-refractivity contribution in [3.8, 4) is 11.3 Å². The van der Waals surface area contributed by atoms with Gasteiger partial charge in [0.1, 0.15) is 11.4 Å². The smallest absolute Gasteiger partial charge is 0.328 e. The zero-order valence-electron chi connectivity index (χ0n) is 25.3. The molecule has 0 spiro atoms. The number of likely N-dealkylation sites (tertiary alicyclic amines) is 1. The van der Waals surface area contributed by atoms with E-state index < -0.39 is 11.5 Å². The molecule has 9 nitrogen and oxygen atoms in total. The quantitative estimate of drug-likeness (QED) is 0.224. The molecule has 44 heavy (non-hydrogen) atoms. The van der Waals surface area contributed by atoms with E-state index in [0.717, 1.165) is 52.5 Å². The summed E-state index contributed by atoms with van der Waals surface area (Å²) in [5.41, 5.74) is 7.02. The predicted molar refractivity (Wildman–Crippen MR) is 170 cm³/mol. The average molecular weight is 592 g/mol. The number of amides is 1. The number of aryl methyl sites for hydroxylation is 2. The lowest BCUT2D eigenvalue weighted by atomic mass is 9.92. The number of rotatable bonds is 7. The molecule has 2 N–H and O–H groups in total. The van der Waals surface area contributed by atoms with Crippen molar-refractivity contribution in [2.45, 2.75) is 43.6 Å². The van der Waals surface area contributed by atoms with Gasteiger partial charge < -0.3 is 28.9 Å². The number of aliphatic carboxylic acids is 1. The maximum Gasteiger partial charge on any atom is 0.328 e. The number of aromatic nitrogens is 3. The van der Waals surface area contributed by atoms with Crippen molar-refractivity contribution < 1.29 is 19.1 Å². The van der Waals surface area contributed by atoms with Gasteiger partial charge in [0.25, 0.3) is 5.91 Å². The number of nitrogens with zero attached hydrogens (tertiary/aromatic N) is 4. The summed E-state index contributed by atoms with van der Waals surface area (Å²) >= 11 is 0. The van der Waals surface area contributed by atoms with Crippen molar-refractivity contribution in [1.82, 2.24) is 24.3 Å². The molecule has 2 fully saturated rings. The van der Waals surface area contributed by atoms with E-state index >= 15 is 0 Å². The molecule has 3 aromatic heterocycles. The van der Waals surface area contributed by atoms with Gasteiger partial charge in [-0.25, -0.2) is 9.78 Å². The van der Waals surface area contributed by atoms with Crippen LogP contribution in [-0.4, -0.2) is 56.1 Å². The van der Waals surface area contributed by atoms with Crippen molar-refractivity contribution in [3.63, 3.8) is 0 Å². The van der Waals surface area contributed by atoms with Crippen LogP contribution in [0.5, 0.6) is 0 Å². The predicted octanol–water partition coefficient (Wildman–Crippen LogP) is 6.04. The fourth-order valence-electron chi connectivity index (χ4n) is 7.52. The molecule has 0 bridgehead atoms. The molecular weight excluding hydrogens is 554 g/mol. The summed E-state index contributed by atoms with van der Waals surface area (Å²) in [5, 5.41) is 13.7. The summed E-state index contributed by atoms with van der Waals surface area (Å²) < 4.78 is 9.72. The van der Waals surface area contributed by atoms with Crippen molar-refractivity contribution in [2.75, 3.05) is 20.1 Å². The van der Waals surface area contributed by atoms with Crippen LogP contribution in [0.1, 0.15) is 65.3 Å². The van der Waals surface area contributed by atoms with Gasteiger partial charge in [0.15, 0.2) is 0 Å². The molecular formula is C35H37N5O4. The lowest BCUT2D eigenvalue weighted by Gasteiger charge is -2.30. The van der Waals surface area contributed by atoms with Gasteiger partial charge >= 0.3 is 5.97 Å². The van der Waals surface area contributed by atoms with E-state index in [4.69, 9.17) is 14.5 Å². The molecule has 4 heterocycles. The number of likely N-dealkylation sites (N-methyl/N-ethyl adjacent to an activating group) is 1. The minimum absolute atomic E-state index is 0.132. The molecule has 7 rings (SSSR count). The molecule has 2 aliphatic rings. The van der Waals surface area contributed by atoms with E-state index in [1.54, 1.807) is 12.3 Å². The highest BCUT2D eigenvalue weighted by Gasteiger charge is 2.43. The Hall–Kier alpha value is -4.63. The number of carbonyl (C=O) groups excluding carboxylic acids is 1. The zero-order valence-corrected chi connectivity index (χ0v) is 25.3. The van der Waals surface area contributed by atoms with E-state index in [1.807, 2.05) is 54.3 Å². The Bertz CT molecular complexity index is 1930. The van der Waals surface area contributed by atoms with Crippen molar-refractivity contribution in [3.05, 3.63) is 83.6 Å². The molecule has 9 heteroatoms. The third-order valence-electron chi connectivity index (χ3n) is 9.62. The van der Waals surface area contributed by atoms with Crippen LogP contribution in [0, 0.1) is 0 Å². The van der Waals surface area contributed by atoms with E-state index in [0.29, 0.717) is 18.0 Å². The van der Waals surface area contributed by atoms with Crippen molar-refractivity contribution >= 4 is 39.9 Å². The van der Waals surface area contributed by atoms with Crippen LogP contribution in [-0.2, 0) is 24.4 Å². The van der Waals surface area contributed by atoms with E-state index in [1.165, 1.54) is 42.3 Å². The molecule has 2 aromatic carbocycles. The van der Waals surface area contributed by atoms with Gasteiger partial charge in [-0.3, -0.25) is 4.79 Å². The number of carbonyl (C=O) groups is 2. The SMILES string of the molecule is CN1CC[C@@](NC(=O)c2ccc3c(C4CCCC4)c(-c4ccoc4)n(C)c3c2)(c2nc3ccc(/C=C/C(=O)O)cc3n2C)C1. The Morgan fingerprint density at radius 3 is 2.57 bits per heavy atom. The molecule has 5 aromatic rings. The Kier molecular flexibility index (Phi) is 6.93. The van der Waals surface area contributed by atoms with Crippen LogP contribution in [0.25, 0.3) is 39.3 Å². The van der Waals surface area contributed by atoms with Gasteiger partial charge in [-0.05, 0) is 79.8 Å². The largest absolute Gasteiger partial charge is 0.478 e. The summed E-state index contributed by atoms with van der Waals surface area (Å²) in [6, 6.07) is 13.8. The van der Waals surface area contributed by atoms with Crippen LogP contribution in [0.4, 0.5) is 0 Å². The molecule has 0 unspecified atom stereocenters. The number of hydrogen-bond donors (Lipinski definition) is 2. The first-order chi connectivity index (χ1) is 21.2. The second-order valence-electron chi connectivity index (χ2n) is 12.5. The molecule has 1 aliphatic heterocycles. The first kappa shape index (κ1) is 28.2. The van der Waals surface area contributed by atoms with Gasteiger partial charge in [0.05, 0.1) is 29.3 Å². The summed E-state index contributed by atoms with van der Waals surface area (Å²) in [6.45, 7) is 1.45. The van der Waals surface area contributed by atoms with Gasteiger partial charge in [0, 0.05) is 55.3 Å². The third-order valence-corrected chi connectivity index (χ3v) is 9.62. The lowest BCUT2D eigenvalue weighted by molar-refractivity contribution is -0.131. The van der Waals surface area contributed by atoms with Gasteiger partial charge in [0.2, 0.25) is 0 Å². The maximum absolute atomic E-state index is 14.1. The topological polar surface area (TPSA) is 106 Å². The highest BCUT2D eigenvalue weighted by molar-refractivity contribution is 6.01.